The molecule has 2 atom stereocenters. The van der Waals surface area contributed by atoms with Gasteiger partial charge >= 0.3 is 13.6 Å². The number of hydrogen-bond acceptors (Lipinski definition) is 5. The number of hydrogen-bond donors (Lipinski definition) is 0. The van der Waals surface area contributed by atoms with E-state index in [1.165, 1.54) is 0 Å². The molecule has 118 valence electrons. The molecule has 20 heavy (non-hydrogen) atoms. The maximum Gasteiger partial charge on any atom is 0.348 e. The Balaban J connectivity index is 3.27. The van der Waals surface area contributed by atoms with Crippen LogP contribution in [-0.4, -0.2) is 35.4 Å². The first-order valence-electron chi connectivity index (χ1n) is 7.14. The highest BCUT2D eigenvalue weighted by atomic mass is 127. The van der Waals surface area contributed by atoms with E-state index >= 15 is 0 Å². The Bertz CT molecular complexity index is 366. The summed E-state index contributed by atoms with van der Waals surface area (Å²) in [5.41, 5.74) is 0. The molecule has 1 aliphatic carbocycles. The van der Waals surface area contributed by atoms with Crippen molar-refractivity contribution in [2.75, 3.05) is 24.2 Å². The number of alkyl halides is 1. The molecule has 0 aliphatic heterocycles. The lowest BCUT2D eigenvalue weighted by Crippen LogP contribution is -2.45. The van der Waals surface area contributed by atoms with Gasteiger partial charge in [-0.15, -0.1) is 0 Å². The highest BCUT2D eigenvalue weighted by molar-refractivity contribution is 14.1. The summed E-state index contributed by atoms with van der Waals surface area (Å²) in [6.07, 6.45) is 2.21. The van der Waals surface area contributed by atoms with Gasteiger partial charge in [-0.3, -0.25) is 9.36 Å². The van der Waals surface area contributed by atoms with E-state index in [0.717, 1.165) is 17.3 Å². The molecule has 0 spiro atoms. The fourth-order valence-corrected chi connectivity index (χ4v) is 7.01. The minimum atomic E-state index is -3.54. The molecule has 0 radical (unpaired) electrons. The first kappa shape index (κ1) is 18.4. The molecule has 7 heteroatoms. The van der Waals surface area contributed by atoms with Gasteiger partial charge < -0.3 is 13.8 Å². The molecule has 0 bridgehead atoms. The number of esters is 1. The summed E-state index contributed by atoms with van der Waals surface area (Å²) >= 11 is 2.23. The first-order chi connectivity index (χ1) is 9.52. The van der Waals surface area contributed by atoms with Crippen molar-refractivity contribution in [2.45, 2.75) is 45.2 Å². The normalized spacial score (nSPS) is 26.7. The quantitative estimate of drug-likeness (QED) is 0.260. The van der Waals surface area contributed by atoms with E-state index in [1.54, 1.807) is 20.8 Å². The van der Waals surface area contributed by atoms with Crippen LogP contribution in [0.15, 0.2) is 0 Å². The predicted octanol–water partition coefficient (Wildman–Crippen LogP) is 3.79. The van der Waals surface area contributed by atoms with Crippen LogP contribution in [0.2, 0.25) is 0 Å². The summed E-state index contributed by atoms with van der Waals surface area (Å²) in [5.74, 6) is -0.449. The van der Waals surface area contributed by atoms with E-state index in [4.69, 9.17) is 13.8 Å². The highest BCUT2D eigenvalue weighted by Crippen LogP contribution is 2.68. The molecule has 0 aromatic carbocycles. The van der Waals surface area contributed by atoms with Crippen LogP contribution < -0.4 is 0 Å². The van der Waals surface area contributed by atoms with Gasteiger partial charge in [0.05, 0.1) is 19.8 Å². The summed E-state index contributed by atoms with van der Waals surface area (Å²) in [7, 11) is -3.54. The zero-order valence-electron chi connectivity index (χ0n) is 12.4. The van der Waals surface area contributed by atoms with E-state index < -0.39 is 18.7 Å². The van der Waals surface area contributed by atoms with Gasteiger partial charge in [0.25, 0.3) is 0 Å². The number of carbonyl (C=O) groups is 1. The maximum absolute atomic E-state index is 13.3. The molecular formula is C13H24IO5P. The summed E-state index contributed by atoms with van der Waals surface area (Å²) < 4.78 is 30.2. The van der Waals surface area contributed by atoms with Crippen molar-refractivity contribution < 1.29 is 23.1 Å². The van der Waals surface area contributed by atoms with Crippen LogP contribution >= 0.6 is 30.2 Å². The number of halogens is 1. The Labute approximate surface area is 134 Å². The molecule has 0 heterocycles. The largest absolute Gasteiger partial charge is 0.465 e. The molecule has 1 aliphatic rings. The van der Waals surface area contributed by atoms with Crippen molar-refractivity contribution in [3.8, 4) is 0 Å². The number of carbonyl (C=O) groups excluding carboxylic acids is 1. The zero-order chi connectivity index (χ0) is 15.2. The summed E-state index contributed by atoms with van der Waals surface area (Å²) in [4.78, 5) is 12.6. The molecular weight excluding hydrogens is 394 g/mol. The zero-order valence-corrected chi connectivity index (χ0v) is 15.4. The highest BCUT2D eigenvalue weighted by Gasteiger charge is 2.64. The second-order valence-electron chi connectivity index (χ2n) is 4.72. The topological polar surface area (TPSA) is 61.8 Å². The molecule has 1 rings (SSSR count). The minimum Gasteiger partial charge on any atom is -0.465 e. The second-order valence-corrected chi connectivity index (χ2v) is 7.91. The van der Waals surface area contributed by atoms with Gasteiger partial charge in [-0.25, -0.2) is 0 Å². The average Bonchev–Trinajstić information content (AvgIpc) is 2.84. The third-order valence-electron chi connectivity index (χ3n) is 3.69. The lowest BCUT2D eigenvalue weighted by Gasteiger charge is -2.37. The summed E-state index contributed by atoms with van der Waals surface area (Å²) in [6, 6.07) is 0. The Morgan fingerprint density at radius 2 is 1.85 bits per heavy atom. The molecule has 0 amide bonds. The number of ether oxygens (including phenoxy) is 1. The van der Waals surface area contributed by atoms with Crippen LogP contribution in [0.25, 0.3) is 0 Å². The lowest BCUT2D eigenvalue weighted by atomic mass is 9.97. The van der Waals surface area contributed by atoms with E-state index in [2.05, 4.69) is 22.6 Å². The van der Waals surface area contributed by atoms with Crippen molar-refractivity contribution in [1.29, 1.82) is 0 Å². The fraction of sp³-hybridized carbons (Fsp3) is 0.923. The van der Waals surface area contributed by atoms with Crippen molar-refractivity contribution in [1.82, 2.24) is 0 Å². The van der Waals surface area contributed by atoms with Crippen molar-refractivity contribution >= 4 is 36.2 Å². The van der Waals surface area contributed by atoms with Crippen LogP contribution in [-0.2, 0) is 23.1 Å². The van der Waals surface area contributed by atoms with Gasteiger partial charge in [-0.05, 0) is 39.5 Å². The lowest BCUT2D eigenvalue weighted by molar-refractivity contribution is -0.148. The monoisotopic (exact) mass is 418 g/mol. The molecule has 1 fully saturated rings. The van der Waals surface area contributed by atoms with Crippen LogP contribution in [0.3, 0.4) is 0 Å². The van der Waals surface area contributed by atoms with Gasteiger partial charge in [0.15, 0.2) is 5.16 Å². The van der Waals surface area contributed by atoms with Crippen molar-refractivity contribution in [3.05, 3.63) is 0 Å². The predicted molar refractivity (Wildman–Crippen MR) is 86.5 cm³/mol. The second kappa shape index (κ2) is 8.11. The number of rotatable bonds is 8. The molecule has 5 nitrogen and oxygen atoms in total. The molecule has 0 unspecified atom stereocenters. The maximum atomic E-state index is 13.3. The first-order valence-corrected chi connectivity index (χ1v) is 10.2. The van der Waals surface area contributed by atoms with Crippen molar-refractivity contribution in [3.63, 3.8) is 0 Å². The van der Waals surface area contributed by atoms with Crippen LogP contribution in [0.4, 0.5) is 0 Å². The van der Waals surface area contributed by atoms with E-state index in [0.29, 0.717) is 6.42 Å². The van der Waals surface area contributed by atoms with Crippen LogP contribution in [0.1, 0.15) is 40.0 Å². The van der Waals surface area contributed by atoms with Gasteiger partial charge in [0.1, 0.15) is 0 Å². The van der Waals surface area contributed by atoms with Gasteiger partial charge in [0, 0.05) is 4.43 Å². The molecule has 0 aromatic rings. The van der Waals surface area contributed by atoms with Crippen LogP contribution in [0, 0.1) is 5.92 Å². The van der Waals surface area contributed by atoms with Crippen molar-refractivity contribution in [2.24, 2.45) is 5.92 Å². The summed E-state index contributed by atoms with van der Waals surface area (Å²) in [6.45, 7) is 6.06. The van der Waals surface area contributed by atoms with E-state index in [9.17, 15) is 9.36 Å². The summed E-state index contributed by atoms with van der Waals surface area (Å²) in [5, 5.41) is -1.13. The smallest absolute Gasteiger partial charge is 0.348 e. The standard InChI is InChI=1S/C13H24IO5P/c1-4-17-12(15)13(9-7-8-11(13)10-14)20(16,18-5-2)19-6-3/h11H,4-10H2,1-3H3/t11-,13+/m0/s1. The molecule has 1 saturated carbocycles. The van der Waals surface area contributed by atoms with Gasteiger partial charge in [-0.2, -0.15) is 0 Å². The average molecular weight is 418 g/mol. The molecule has 0 N–H and O–H groups in total. The Kier molecular flexibility index (Phi) is 7.46. The van der Waals surface area contributed by atoms with E-state index in [1.807, 2.05) is 0 Å². The fourth-order valence-electron chi connectivity index (χ4n) is 2.87. The SMILES string of the molecule is CCOC(=O)[C@@]1(P(=O)(OCC)OCC)CCC[C@H]1CI. The Morgan fingerprint density at radius 3 is 2.30 bits per heavy atom. The Morgan fingerprint density at radius 1 is 1.25 bits per heavy atom. The molecule has 0 aromatic heterocycles. The van der Waals surface area contributed by atoms with Gasteiger partial charge in [-0.1, -0.05) is 29.0 Å². The molecule has 0 saturated heterocycles. The van der Waals surface area contributed by atoms with Crippen LogP contribution in [0.5, 0.6) is 0 Å². The third-order valence-corrected chi connectivity index (χ3v) is 7.70. The Hall–Kier alpha value is 0.350. The third kappa shape index (κ3) is 3.23. The minimum absolute atomic E-state index is 0.0221. The van der Waals surface area contributed by atoms with Gasteiger partial charge in [0.2, 0.25) is 0 Å². The van der Waals surface area contributed by atoms with E-state index in [-0.39, 0.29) is 25.7 Å².